The van der Waals surface area contributed by atoms with Crippen LogP contribution < -0.4 is 4.74 Å². The molecule has 2 nitrogen and oxygen atoms in total. The third kappa shape index (κ3) is 0.972. The first-order chi connectivity index (χ1) is 7.34. The maximum absolute atomic E-state index is 5.53. The van der Waals surface area contributed by atoms with Crippen LogP contribution in [0.15, 0.2) is 30.3 Å². The predicted molar refractivity (Wildman–Crippen MR) is 57.3 cm³/mol. The van der Waals surface area contributed by atoms with Gasteiger partial charge in [-0.25, -0.2) is 0 Å². The molecular weight excluding hydrogens is 188 g/mol. The Morgan fingerprint density at radius 1 is 1.07 bits per heavy atom. The maximum Gasteiger partial charge on any atom is 0.177 e. The first-order valence-corrected chi connectivity index (χ1v) is 5.23. The van der Waals surface area contributed by atoms with Crippen molar-refractivity contribution in [3.8, 4) is 11.5 Å². The van der Waals surface area contributed by atoms with Crippen molar-refractivity contribution in [3.63, 3.8) is 0 Å². The van der Waals surface area contributed by atoms with Crippen molar-refractivity contribution in [1.29, 1.82) is 0 Å². The van der Waals surface area contributed by atoms with Crippen LogP contribution in [0.1, 0.15) is 18.6 Å². The van der Waals surface area contributed by atoms with E-state index in [1.165, 1.54) is 16.3 Å². The van der Waals surface area contributed by atoms with Crippen molar-refractivity contribution in [2.75, 3.05) is 0 Å². The summed E-state index contributed by atoms with van der Waals surface area (Å²) in [5.41, 5.74) is 1.29. The van der Waals surface area contributed by atoms with Gasteiger partial charge in [-0.05, 0) is 23.9 Å². The lowest BCUT2D eigenvalue weighted by molar-refractivity contribution is 0.384. The summed E-state index contributed by atoms with van der Waals surface area (Å²) in [5.74, 6) is 2.06. The van der Waals surface area contributed by atoms with E-state index >= 15 is 0 Å². The third-order valence-electron chi connectivity index (χ3n) is 3.20. The van der Waals surface area contributed by atoms with Gasteiger partial charge in [0, 0.05) is 5.39 Å². The van der Waals surface area contributed by atoms with Crippen LogP contribution in [0.4, 0.5) is 0 Å². The predicted octanol–water partition coefficient (Wildman–Crippen LogP) is 3.41. The van der Waals surface area contributed by atoms with E-state index in [1.807, 2.05) is 6.07 Å². The van der Waals surface area contributed by atoms with Gasteiger partial charge in [0.15, 0.2) is 11.5 Å². The lowest BCUT2D eigenvalue weighted by Crippen LogP contribution is -1.84. The largest absolute Gasteiger partial charge is 0.449 e. The molecule has 2 heteroatoms. The fourth-order valence-electron chi connectivity index (χ4n) is 2.27. The van der Waals surface area contributed by atoms with Crippen molar-refractivity contribution in [1.82, 2.24) is 0 Å². The molecule has 2 aromatic carbocycles. The fraction of sp³-hybridized carbons (Fsp3) is 0.231. The number of epoxide rings is 1. The monoisotopic (exact) mass is 198 g/mol. The van der Waals surface area contributed by atoms with Gasteiger partial charge in [0.2, 0.25) is 0 Å². The van der Waals surface area contributed by atoms with Crippen molar-refractivity contribution < 1.29 is 9.47 Å². The highest BCUT2D eigenvalue weighted by Crippen LogP contribution is 2.52. The number of hydrogen-bond acceptors (Lipinski definition) is 2. The number of hydrogen-bond donors (Lipinski definition) is 0. The normalized spacial score (nSPS) is 25.9. The molecular formula is C13H10O2. The molecule has 0 aliphatic carbocycles. The molecule has 0 bridgehead atoms. The highest BCUT2D eigenvalue weighted by atomic mass is 16.6. The second kappa shape index (κ2) is 2.34. The Hall–Kier alpha value is -1.54. The minimum Gasteiger partial charge on any atom is -0.449 e. The van der Waals surface area contributed by atoms with Gasteiger partial charge < -0.3 is 9.47 Å². The minimum absolute atomic E-state index is 0.283. The second-order valence-corrected chi connectivity index (χ2v) is 4.20. The Morgan fingerprint density at radius 2 is 1.93 bits per heavy atom. The maximum atomic E-state index is 5.53. The third-order valence-corrected chi connectivity index (χ3v) is 3.20. The Balaban J connectivity index is 2.02. The number of fused-ring (bicyclic) bond motifs is 3. The molecule has 0 amide bonds. The van der Waals surface area contributed by atoms with Crippen LogP contribution in [0.25, 0.3) is 10.8 Å². The molecule has 2 heterocycles. The molecule has 2 unspecified atom stereocenters. The first-order valence-electron chi connectivity index (χ1n) is 5.23. The van der Waals surface area contributed by atoms with Crippen LogP contribution in [-0.4, -0.2) is 6.10 Å². The molecule has 0 aromatic heterocycles. The molecule has 2 aliphatic heterocycles. The molecule has 1 saturated heterocycles. The summed E-state index contributed by atoms with van der Waals surface area (Å²) in [6, 6.07) is 10.5. The van der Waals surface area contributed by atoms with E-state index in [-0.39, 0.29) is 6.10 Å². The topological polar surface area (TPSA) is 25.1 Å². The molecule has 74 valence electrons. The van der Waals surface area contributed by atoms with E-state index in [4.69, 9.17) is 9.47 Å². The Morgan fingerprint density at radius 3 is 2.73 bits per heavy atom. The number of benzene rings is 2. The molecule has 2 aromatic rings. The van der Waals surface area contributed by atoms with E-state index < -0.39 is 0 Å². The lowest BCUT2D eigenvalue weighted by Gasteiger charge is -2.00. The minimum atomic E-state index is 0.283. The van der Waals surface area contributed by atoms with Gasteiger partial charge in [0.25, 0.3) is 0 Å². The smallest absolute Gasteiger partial charge is 0.177 e. The zero-order valence-electron chi connectivity index (χ0n) is 8.36. The fourth-order valence-corrected chi connectivity index (χ4v) is 2.27. The number of rotatable bonds is 1. The van der Waals surface area contributed by atoms with E-state index in [1.54, 1.807) is 0 Å². The van der Waals surface area contributed by atoms with Crippen LogP contribution in [-0.2, 0) is 4.74 Å². The van der Waals surface area contributed by atoms with Crippen molar-refractivity contribution >= 4 is 10.8 Å². The first kappa shape index (κ1) is 7.71. The quantitative estimate of drug-likeness (QED) is 0.560. The summed E-state index contributed by atoms with van der Waals surface area (Å²) in [6.45, 7) is 2.11. The summed E-state index contributed by atoms with van der Waals surface area (Å²) in [7, 11) is 0. The van der Waals surface area contributed by atoms with Crippen LogP contribution in [0.5, 0.6) is 11.5 Å². The molecule has 0 N–H and O–H groups in total. The molecule has 2 aliphatic rings. The van der Waals surface area contributed by atoms with Crippen molar-refractivity contribution in [2.45, 2.75) is 19.1 Å². The van der Waals surface area contributed by atoms with Crippen molar-refractivity contribution in [2.24, 2.45) is 0 Å². The summed E-state index contributed by atoms with van der Waals surface area (Å²) in [6.07, 6.45) is 0.644. The molecule has 0 saturated carbocycles. The van der Waals surface area contributed by atoms with Gasteiger partial charge in [-0.15, -0.1) is 0 Å². The van der Waals surface area contributed by atoms with Crippen molar-refractivity contribution in [3.05, 3.63) is 35.9 Å². The Labute approximate surface area is 87.4 Å². The van der Waals surface area contributed by atoms with Crippen LogP contribution >= 0.6 is 0 Å². The Kier molecular flexibility index (Phi) is 1.20. The zero-order chi connectivity index (χ0) is 9.99. The van der Waals surface area contributed by atoms with Crippen LogP contribution in [0.3, 0.4) is 0 Å². The van der Waals surface area contributed by atoms with Gasteiger partial charge in [-0.1, -0.05) is 24.3 Å². The molecule has 2 atom stereocenters. The number of ether oxygens (including phenoxy) is 2. The van der Waals surface area contributed by atoms with E-state index in [2.05, 4.69) is 31.2 Å². The molecule has 0 radical (unpaired) electrons. The van der Waals surface area contributed by atoms with Gasteiger partial charge in [0.05, 0.1) is 6.10 Å². The molecule has 0 spiro atoms. The summed E-state index contributed by atoms with van der Waals surface area (Å²) < 4.78 is 10.9. The molecule has 15 heavy (non-hydrogen) atoms. The van der Waals surface area contributed by atoms with E-state index in [0.717, 1.165) is 11.5 Å². The zero-order valence-corrected chi connectivity index (χ0v) is 8.36. The summed E-state index contributed by atoms with van der Waals surface area (Å²) in [4.78, 5) is 0. The average Bonchev–Trinajstić information content (AvgIpc) is 3.11. The Bertz CT molecular complexity index is 574. The highest BCUT2D eigenvalue weighted by Gasteiger charge is 2.37. The van der Waals surface area contributed by atoms with Gasteiger partial charge in [-0.2, -0.15) is 0 Å². The standard InChI is InChI=1S/C13H10O2/c1-7-12(14-7)9-3-2-4-10-8(9)5-6-11-13(10)15-11/h2-7,12H,1H3. The summed E-state index contributed by atoms with van der Waals surface area (Å²) in [5, 5.41) is 2.48. The summed E-state index contributed by atoms with van der Waals surface area (Å²) >= 11 is 0. The van der Waals surface area contributed by atoms with Crippen LogP contribution in [0, 0.1) is 0 Å². The van der Waals surface area contributed by atoms with E-state index in [9.17, 15) is 0 Å². The van der Waals surface area contributed by atoms with Crippen LogP contribution in [0.2, 0.25) is 0 Å². The van der Waals surface area contributed by atoms with Gasteiger partial charge in [0.1, 0.15) is 6.10 Å². The van der Waals surface area contributed by atoms with Gasteiger partial charge >= 0.3 is 0 Å². The molecule has 1 fully saturated rings. The SMILES string of the molecule is CC1OC1c1cccc2c3c(ccc12)O3. The second-order valence-electron chi connectivity index (χ2n) is 4.20. The highest BCUT2D eigenvalue weighted by molar-refractivity contribution is 5.97. The average molecular weight is 198 g/mol. The van der Waals surface area contributed by atoms with Gasteiger partial charge in [-0.3, -0.25) is 0 Å². The molecule has 4 rings (SSSR count). The lowest BCUT2D eigenvalue weighted by atomic mass is 10.0. The van der Waals surface area contributed by atoms with E-state index in [0.29, 0.717) is 6.10 Å².